The van der Waals surface area contributed by atoms with Crippen molar-refractivity contribution in [2.24, 2.45) is 0 Å². The third kappa shape index (κ3) is 2.48. The van der Waals surface area contributed by atoms with E-state index >= 15 is 0 Å². The van der Waals surface area contributed by atoms with Crippen LogP contribution in [-0.4, -0.2) is 42.2 Å². The molecule has 2 N–H and O–H groups in total. The fraction of sp³-hybridized carbons (Fsp3) is 0.500. The quantitative estimate of drug-likeness (QED) is 0.865. The summed E-state index contributed by atoms with van der Waals surface area (Å²) in [5.41, 5.74) is -0.617. The van der Waals surface area contributed by atoms with Crippen molar-refractivity contribution >= 4 is 5.97 Å². The summed E-state index contributed by atoms with van der Waals surface area (Å²) in [5.74, 6) is -1.31. The molecule has 1 aromatic carbocycles. The standard InChI is InChI=1S/C14H19FN2O2/c1-2-14(13(18)19,17-8-6-16-7-9-17)11-4-3-5-12(15)10-11/h3-5,10,16H,2,6-9H2,1H3,(H,18,19). The Kier molecular flexibility index (Phi) is 4.17. The van der Waals surface area contributed by atoms with Crippen LogP contribution in [0.4, 0.5) is 4.39 Å². The number of carboxylic acids is 1. The smallest absolute Gasteiger partial charge is 0.328 e. The molecule has 19 heavy (non-hydrogen) atoms. The van der Waals surface area contributed by atoms with Gasteiger partial charge in [-0.2, -0.15) is 0 Å². The zero-order chi connectivity index (χ0) is 13.9. The zero-order valence-electron chi connectivity index (χ0n) is 11.0. The summed E-state index contributed by atoms with van der Waals surface area (Å²) in [4.78, 5) is 13.8. The summed E-state index contributed by atoms with van der Waals surface area (Å²) >= 11 is 0. The molecule has 1 unspecified atom stereocenters. The van der Waals surface area contributed by atoms with Gasteiger partial charge in [-0.15, -0.1) is 0 Å². The van der Waals surface area contributed by atoms with Crippen molar-refractivity contribution in [2.75, 3.05) is 26.2 Å². The highest BCUT2D eigenvalue weighted by molar-refractivity contribution is 5.80. The molecule has 1 aromatic rings. The van der Waals surface area contributed by atoms with Crippen molar-refractivity contribution in [3.05, 3.63) is 35.6 Å². The minimum Gasteiger partial charge on any atom is -0.480 e. The largest absolute Gasteiger partial charge is 0.480 e. The highest BCUT2D eigenvalue weighted by Gasteiger charge is 2.44. The summed E-state index contributed by atoms with van der Waals surface area (Å²) in [6.07, 6.45) is 0.409. The Morgan fingerprint density at radius 1 is 1.47 bits per heavy atom. The molecule has 1 heterocycles. The number of nitrogens with zero attached hydrogens (tertiary/aromatic N) is 1. The first-order chi connectivity index (χ1) is 9.11. The topological polar surface area (TPSA) is 52.6 Å². The Bertz CT molecular complexity index is 461. The molecule has 0 aliphatic carbocycles. The minimum absolute atomic E-state index is 0.397. The molecular formula is C14H19FN2O2. The van der Waals surface area contributed by atoms with Gasteiger partial charge in [0, 0.05) is 26.2 Å². The summed E-state index contributed by atoms with van der Waals surface area (Å²) in [6.45, 7) is 4.64. The van der Waals surface area contributed by atoms with E-state index in [1.807, 2.05) is 11.8 Å². The van der Waals surface area contributed by atoms with E-state index in [1.54, 1.807) is 12.1 Å². The van der Waals surface area contributed by atoms with Crippen molar-refractivity contribution in [3.8, 4) is 0 Å². The number of nitrogens with one attached hydrogen (secondary N) is 1. The van der Waals surface area contributed by atoms with Gasteiger partial charge < -0.3 is 10.4 Å². The Morgan fingerprint density at radius 3 is 2.68 bits per heavy atom. The van der Waals surface area contributed by atoms with E-state index in [2.05, 4.69) is 5.32 Å². The molecule has 4 nitrogen and oxygen atoms in total. The summed E-state index contributed by atoms with van der Waals surface area (Å²) in [7, 11) is 0. The van der Waals surface area contributed by atoms with Gasteiger partial charge in [-0.25, -0.2) is 9.18 Å². The first-order valence-electron chi connectivity index (χ1n) is 6.56. The molecular weight excluding hydrogens is 247 g/mol. The molecule has 0 amide bonds. The van der Waals surface area contributed by atoms with Gasteiger partial charge in [0.2, 0.25) is 0 Å². The zero-order valence-corrected chi connectivity index (χ0v) is 11.0. The van der Waals surface area contributed by atoms with Crippen LogP contribution in [0.3, 0.4) is 0 Å². The molecule has 0 aromatic heterocycles. The highest BCUT2D eigenvalue weighted by Crippen LogP contribution is 2.33. The maximum atomic E-state index is 13.4. The molecule has 0 spiro atoms. The lowest BCUT2D eigenvalue weighted by Gasteiger charge is -2.42. The Balaban J connectivity index is 2.46. The van der Waals surface area contributed by atoms with Gasteiger partial charge in [0.25, 0.3) is 0 Å². The van der Waals surface area contributed by atoms with Gasteiger partial charge in [0.1, 0.15) is 11.4 Å². The fourth-order valence-electron chi connectivity index (χ4n) is 2.81. The molecule has 104 valence electrons. The maximum Gasteiger partial charge on any atom is 0.328 e. The van der Waals surface area contributed by atoms with Crippen LogP contribution in [0, 0.1) is 5.82 Å². The predicted molar refractivity (Wildman–Crippen MR) is 70.4 cm³/mol. The van der Waals surface area contributed by atoms with Crippen LogP contribution in [0.5, 0.6) is 0 Å². The van der Waals surface area contributed by atoms with Crippen LogP contribution in [-0.2, 0) is 10.3 Å². The van der Waals surface area contributed by atoms with Crippen LogP contribution < -0.4 is 5.32 Å². The molecule has 1 aliphatic heterocycles. The van der Waals surface area contributed by atoms with Crippen molar-refractivity contribution in [1.29, 1.82) is 0 Å². The monoisotopic (exact) mass is 266 g/mol. The van der Waals surface area contributed by atoms with E-state index in [0.717, 1.165) is 13.1 Å². The second kappa shape index (κ2) is 5.67. The van der Waals surface area contributed by atoms with Crippen molar-refractivity contribution in [3.63, 3.8) is 0 Å². The number of carboxylic acid groups (broad SMARTS) is 1. The normalized spacial score (nSPS) is 19.9. The van der Waals surface area contributed by atoms with Crippen LogP contribution in [0.25, 0.3) is 0 Å². The number of carbonyl (C=O) groups is 1. The van der Waals surface area contributed by atoms with Crippen LogP contribution >= 0.6 is 0 Å². The number of hydrogen-bond donors (Lipinski definition) is 2. The third-order valence-corrected chi connectivity index (χ3v) is 3.82. The molecule has 1 atom stereocenters. The summed E-state index contributed by atoms with van der Waals surface area (Å²) < 4.78 is 13.4. The molecule has 5 heteroatoms. The van der Waals surface area contributed by atoms with E-state index in [-0.39, 0.29) is 0 Å². The molecule has 0 radical (unpaired) electrons. The van der Waals surface area contributed by atoms with Crippen molar-refractivity contribution < 1.29 is 14.3 Å². The van der Waals surface area contributed by atoms with Crippen molar-refractivity contribution in [2.45, 2.75) is 18.9 Å². The maximum absolute atomic E-state index is 13.4. The number of rotatable bonds is 4. The van der Waals surface area contributed by atoms with Crippen LogP contribution in [0.15, 0.2) is 24.3 Å². The molecule has 0 saturated carbocycles. The average Bonchev–Trinajstić information content (AvgIpc) is 2.41. The molecule has 1 saturated heterocycles. The van der Waals surface area contributed by atoms with E-state index in [0.29, 0.717) is 25.1 Å². The lowest BCUT2D eigenvalue weighted by molar-refractivity contribution is -0.153. The van der Waals surface area contributed by atoms with Gasteiger partial charge in [-0.3, -0.25) is 4.90 Å². The second-order valence-corrected chi connectivity index (χ2v) is 4.77. The van der Waals surface area contributed by atoms with E-state index in [4.69, 9.17) is 0 Å². The number of aliphatic carboxylic acids is 1. The average molecular weight is 266 g/mol. The number of halogens is 1. The van der Waals surface area contributed by atoms with Crippen LogP contribution in [0.1, 0.15) is 18.9 Å². The molecule has 0 bridgehead atoms. The lowest BCUT2D eigenvalue weighted by Crippen LogP contribution is -2.58. The Labute approximate surface area is 112 Å². The molecule has 2 rings (SSSR count). The Morgan fingerprint density at radius 2 is 2.16 bits per heavy atom. The van der Waals surface area contributed by atoms with Gasteiger partial charge in [-0.1, -0.05) is 19.1 Å². The first kappa shape index (κ1) is 14.0. The van der Waals surface area contributed by atoms with E-state index in [1.165, 1.54) is 12.1 Å². The second-order valence-electron chi connectivity index (χ2n) is 4.77. The predicted octanol–water partition coefficient (Wildman–Crippen LogP) is 1.42. The molecule has 1 aliphatic rings. The third-order valence-electron chi connectivity index (χ3n) is 3.82. The van der Waals surface area contributed by atoms with E-state index < -0.39 is 17.3 Å². The van der Waals surface area contributed by atoms with Crippen LogP contribution in [0.2, 0.25) is 0 Å². The number of piperazine rings is 1. The van der Waals surface area contributed by atoms with Gasteiger partial charge in [0.05, 0.1) is 0 Å². The first-order valence-corrected chi connectivity index (χ1v) is 6.56. The van der Waals surface area contributed by atoms with Crippen molar-refractivity contribution in [1.82, 2.24) is 10.2 Å². The fourth-order valence-corrected chi connectivity index (χ4v) is 2.81. The minimum atomic E-state index is -1.13. The lowest BCUT2D eigenvalue weighted by atomic mass is 9.84. The van der Waals surface area contributed by atoms with Gasteiger partial charge in [-0.05, 0) is 24.1 Å². The summed E-state index contributed by atoms with van der Waals surface area (Å²) in [6, 6.07) is 5.94. The SMILES string of the molecule is CCC(C(=O)O)(c1cccc(F)c1)N1CCNCC1. The van der Waals surface area contributed by atoms with Gasteiger partial charge >= 0.3 is 5.97 Å². The van der Waals surface area contributed by atoms with Gasteiger partial charge in [0.15, 0.2) is 0 Å². The highest BCUT2D eigenvalue weighted by atomic mass is 19.1. The summed E-state index contributed by atoms with van der Waals surface area (Å²) in [5, 5.41) is 12.9. The molecule has 1 fully saturated rings. The number of hydrogen-bond acceptors (Lipinski definition) is 3. The Hall–Kier alpha value is -1.46. The van der Waals surface area contributed by atoms with E-state index in [9.17, 15) is 14.3 Å². The number of benzene rings is 1.